The number of Topliss-reactive ketones (excluding diaryl/α,β-unsaturated/α-hetero) is 2. The molecule has 5 nitrogen and oxygen atoms in total. The van der Waals surface area contributed by atoms with E-state index in [9.17, 15) is 14.4 Å². The summed E-state index contributed by atoms with van der Waals surface area (Å²) in [5.74, 6) is -1.85. The first-order chi connectivity index (χ1) is 19.4. The first kappa shape index (κ1) is 24.6. The third kappa shape index (κ3) is 3.24. The van der Waals surface area contributed by atoms with E-state index in [2.05, 4.69) is 11.4 Å². The van der Waals surface area contributed by atoms with Crippen LogP contribution in [0.1, 0.15) is 38.8 Å². The Hall–Kier alpha value is -4.48. The SMILES string of the molecule is CC1=C[C@@H]2N(c3ccccc31)[C@@H](C(=O)c1ccccc1Cl)[C@@H](C(=O)c1ccccc1)[C@@]21C(=O)Nc2ccccc21. The van der Waals surface area contributed by atoms with Gasteiger partial charge in [-0.25, -0.2) is 0 Å². The number of nitrogens with one attached hydrogen (secondary N) is 1. The average Bonchev–Trinajstić information content (AvgIpc) is 3.45. The largest absolute Gasteiger partial charge is 0.352 e. The molecule has 1 fully saturated rings. The number of amides is 1. The second-order valence-electron chi connectivity index (χ2n) is 10.6. The summed E-state index contributed by atoms with van der Waals surface area (Å²) in [7, 11) is 0. The van der Waals surface area contributed by atoms with E-state index < -0.39 is 23.4 Å². The number of nitrogens with zero attached hydrogens (tertiary/aromatic N) is 1. The van der Waals surface area contributed by atoms with Crippen LogP contribution in [0, 0.1) is 5.92 Å². The molecule has 3 aliphatic heterocycles. The molecule has 0 saturated carbocycles. The maximum absolute atomic E-state index is 14.7. The molecule has 0 radical (unpaired) electrons. The van der Waals surface area contributed by atoms with Gasteiger partial charge in [0.25, 0.3) is 0 Å². The molecule has 0 bridgehead atoms. The number of rotatable bonds is 4. The fourth-order valence-corrected chi connectivity index (χ4v) is 7.22. The van der Waals surface area contributed by atoms with Gasteiger partial charge in [0.05, 0.1) is 17.0 Å². The highest BCUT2D eigenvalue weighted by Gasteiger charge is 2.70. The van der Waals surface area contributed by atoms with Gasteiger partial charge in [-0.2, -0.15) is 0 Å². The van der Waals surface area contributed by atoms with Crippen molar-refractivity contribution in [3.8, 4) is 0 Å². The maximum atomic E-state index is 14.7. The summed E-state index contributed by atoms with van der Waals surface area (Å²) in [5.41, 5.74) is 3.59. The average molecular weight is 545 g/mol. The summed E-state index contributed by atoms with van der Waals surface area (Å²) in [5, 5.41) is 3.37. The van der Waals surface area contributed by atoms with E-state index in [1.165, 1.54) is 0 Å². The van der Waals surface area contributed by atoms with Crippen molar-refractivity contribution < 1.29 is 14.4 Å². The minimum atomic E-state index is -1.35. The van der Waals surface area contributed by atoms with E-state index >= 15 is 0 Å². The molecule has 4 aromatic rings. The number of allylic oxidation sites excluding steroid dienone is 1. The lowest BCUT2D eigenvalue weighted by Gasteiger charge is -2.39. The van der Waals surface area contributed by atoms with Gasteiger partial charge >= 0.3 is 0 Å². The number of carbonyl (C=O) groups excluding carboxylic acids is 3. The van der Waals surface area contributed by atoms with Crippen molar-refractivity contribution >= 4 is 46.0 Å². The third-order valence-corrected chi connectivity index (χ3v) is 8.96. The highest BCUT2D eigenvalue weighted by molar-refractivity contribution is 6.34. The maximum Gasteiger partial charge on any atom is 0.238 e. The van der Waals surface area contributed by atoms with Crippen LogP contribution in [0.25, 0.3) is 5.57 Å². The number of ketones is 2. The van der Waals surface area contributed by atoms with Gasteiger partial charge in [0, 0.05) is 28.1 Å². The Kier molecular flexibility index (Phi) is 5.55. The second-order valence-corrected chi connectivity index (χ2v) is 11.0. The highest BCUT2D eigenvalue weighted by atomic mass is 35.5. The van der Waals surface area contributed by atoms with Gasteiger partial charge in [-0.1, -0.05) is 96.5 Å². The molecule has 40 heavy (non-hydrogen) atoms. The third-order valence-electron chi connectivity index (χ3n) is 8.63. The van der Waals surface area contributed by atoms with Crippen molar-refractivity contribution in [1.82, 2.24) is 0 Å². The van der Waals surface area contributed by atoms with E-state index in [1.54, 1.807) is 48.5 Å². The van der Waals surface area contributed by atoms with Gasteiger partial charge in [-0.15, -0.1) is 0 Å². The molecule has 196 valence electrons. The van der Waals surface area contributed by atoms with Crippen LogP contribution >= 0.6 is 11.6 Å². The van der Waals surface area contributed by atoms with Gasteiger partial charge in [0.2, 0.25) is 5.91 Å². The summed E-state index contributed by atoms with van der Waals surface area (Å²) in [4.78, 5) is 45.8. The van der Waals surface area contributed by atoms with E-state index in [-0.39, 0.29) is 17.5 Å². The highest BCUT2D eigenvalue weighted by Crippen LogP contribution is 2.58. The molecule has 4 atom stereocenters. The summed E-state index contributed by atoms with van der Waals surface area (Å²) in [6, 6.07) is 29.6. The first-order valence-corrected chi connectivity index (χ1v) is 13.7. The van der Waals surface area contributed by atoms with Crippen molar-refractivity contribution in [2.75, 3.05) is 10.2 Å². The Morgan fingerprint density at radius 3 is 2.30 bits per heavy atom. The number of halogens is 1. The molecule has 1 spiro atoms. The van der Waals surface area contributed by atoms with Gasteiger partial charge in [-0.3, -0.25) is 14.4 Å². The number of fused-ring (bicyclic) bond motifs is 6. The molecule has 0 aliphatic carbocycles. The number of carbonyl (C=O) groups is 3. The Balaban J connectivity index is 1.57. The van der Waals surface area contributed by atoms with E-state index in [1.807, 2.05) is 66.4 Å². The number of hydrogen-bond donors (Lipinski definition) is 1. The zero-order valence-electron chi connectivity index (χ0n) is 21.7. The molecular weight excluding hydrogens is 520 g/mol. The quantitative estimate of drug-likeness (QED) is 0.294. The Morgan fingerprint density at radius 1 is 0.825 bits per heavy atom. The zero-order chi connectivity index (χ0) is 27.6. The molecule has 0 unspecified atom stereocenters. The Bertz CT molecular complexity index is 1750. The van der Waals surface area contributed by atoms with Crippen molar-refractivity contribution in [2.24, 2.45) is 5.92 Å². The van der Waals surface area contributed by atoms with Gasteiger partial charge in [0.15, 0.2) is 11.6 Å². The second kappa shape index (κ2) is 9.04. The minimum absolute atomic E-state index is 0.254. The molecular formula is C34H25ClN2O3. The summed E-state index contributed by atoms with van der Waals surface area (Å²) in [6.45, 7) is 2.01. The van der Waals surface area contributed by atoms with Crippen LogP contribution in [0.2, 0.25) is 5.02 Å². The number of hydrogen-bond acceptors (Lipinski definition) is 4. The van der Waals surface area contributed by atoms with Crippen LogP contribution in [-0.2, 0) is 10.2 Å². The molecule has 1 saturated heterocycles. The molecule has 4 aromatic carbocycles. The number of anilines is 2. The van der Waals surface area contributed by atoms with Gasteiger partial charge in [-0.05, 0) is 42.3 Å². The summed E-state index contributed by atoms with van der Waals surface area (Å²) < 4.78 is 0. The fraction of sp³-hybridized carbons (Fsp3) is 0.147. The smallest absolute Gasteiger partial charge is 0.238 e. The molecule has 3 aliphatic rings. The predicted octanol–water partition coefficient (Wildman–Crippen LogP) is 6.59. The van der Waals surface area contributed by atoms with Crippen LogP contribution in [0.15, 0.2) is 109 Å². The number of para-hydroxylation sites is 2. The topological polar surface area (TPSA) is 66.5 Å². The molecule has 7 rings (SSSR count). The lowest BCUT2D eigenvalue weighted by atomic mass is 9.64. The standard InChI is InChI=1S/C34H25ClN2O3/c1-20-19-28-34(24-15-7-9-17-26(24)36-33(34)40)29(31(38)21-11-3-2-4-12-21)30(32(39)23-14-5-8-16-25(23)35)37(28)27-18-10-6-13-22(20)27/h2-19,28-30H,1H3,(H,36,40)/t28-,29-,30+,34-/m0/s1. The van der Waals surface area contributed by atoms with Crippen molar-refractivity contribution in [3.63, 3.8) is 0 Å². The molecule has 6 heteroatoms. The predicted molar refractivity (Wildman–Crippen MR) is 157 cm³/mol. The van der Waals surface area contributed by atoms with E-state index in [0.29, 0.717) is 21.8 Å². The minimum Gasteiger partial charge on any atom is -0.352 e. The normalized spacial score (nSPS) is 24.1. The molecule has 0 aromatic heterocycles. The fourth-order valence-electron chi connectivity index (χ4n) is 6.99. The molecule has 3 heterocycles. The summed E-state index contributed by atoms with van der Waals surface area (Å²) >= 11 is 6.59. The molecule has 1 amide bonds. The molecule has 1 N–H and O–H groups in total. The van der Waals surface area contributed by atoms with Crippen LogP contribution in [0.5, 0.6) is 0 Å². The lowest BCUT2D eigenvalue weighted by molar-refractivity contribution is -0.121. The Labute approximate surface area is 237 Å². The van der Waals surface area contributed by atoms with E-state index in [4.69, 9.17) is 11.6 Å². The number of benzene rings is 4. The Morgan fingerprint density at radius 2 is 1.50 bits per heavy atom. The van der Waals surface area contributed by atoms with Crippen LogP contribution in [0.4, 0.5) is 11.4 Å². The van der Waals surface area contributed by atoms with Gasteiger partial charge in [0.1, 0.15) is 11.5 Å². The zero-order valence-corrected chi connectivity index (χ0v) is 22.4. The first-order valence-electron chi connectivity index (χ1n) is 13.3. The van der Waals surface area contributed by atoms with Crippen molar-refractivity contribution in [3.05, 3.63) is 136 Å². The van der Waals surface area contributed by atoms with Crippen LogP contribution in [-0.4, -0.2) is 29.6 Å². The van der Waals surface area contributed by atoms with E-state index in [0.717, 1.165) is 22.4 Å². The lowest BCUT2D eigenvalue weighted by Crippen LogP contribution is -2.51. The van der Waals surface area contributed by atoms with Crippen LogP contribution < -0.4 is 10.2 Å². The van der Waals surface area contributed by atoms with Gasteiger partial charge < -0.3 is 10.2 Å². The summed E-state index contributed by atoms with van der Waals surface area (Å²) in [6.07, 6.45) is 2.05. The van der Waals surface area contributed by atoms with Crippen molar-refractivity contribution in [2.45, 2.75) is 24.4 Å². The monoisotopic (exact) mass is 544 g/mol. The van der Waals surface area contributed by atoms with Crippen LogP contribution in [0.3, 0.4) is 0 Å². The van der Waals surface area contributed by atoms with Crippen molar-refractivity contribution in [1.29, 1.82) is 0 Å².